The van der Waals surface area contributed by atoms with E-state index in [1.165, 1.54) is 58.4 Å². The number of hydrogen-bond donors (Lipinski definition) is 0. The smallest absolute Gasteiger partial charge is 0.164 e. The lowest BCUT2D eigenvalue weighted by Gasteiger charge is -2.15. The highest BCUT2D eigenvalue weighted by atomic mass is 32.1. The van der Waals surface area contributed by atoms with Crippen molar-refractivity contribution in [2.24, 2.45) is 0 Å². The summed E-state index contributed by atoms with van der Waals surface area (Å²) >= 11 is 1.80. The summed E-state index contributed by atoms with van der Waals surface area (Å²) in [6.07, 6.45) is 0. The number of nitrogens with zero attached hydrogens (tertiary/aromatic N) is 3. The third kappa shape index (κ3) is 6.04. The molecular formula is C53H33N3S. The van der Waals surface area contributed by atoms with E-state index in [-0.39, 0.29) is 0 Å². The average molecular weight is 744 g/mol. The van der Waals surface area contributed by atoms with E-state index in [1.807, 2.05) is 18.2 Å². The van der Waals surface area contributed by atoms with Crippen LogP contribution >= 0.6 is 11.3 Å². The fourth-order valence-corrected chi connectivity index (χ4v) is 9.17. The molecular weight excluding hydrogens is 711 g/mol. The molecule has 0 atom stereocenters. The zero-order valence-electron chi connectivity index (χ0n) is 30.8. The van der Waals surface area contributed by atoms with Gasteiger partial charge in [-0.25, -0.2) is 15.0 Å². The molecule has 0 aliphatic heterocycles. The predicted octanol–water partition coefficient (Wildman–Crippen LogP) is 14.5. The van der Waals surface area contributed by atoms with Gasteiger partial charge in [0, 0.05) is 26.3 Å². The van der Waals surface area contributed by atoms with Crippen LogP contribution in [0.4, 0.5) is 0 Å². The van der Waals surface area contributed by atoms with E-state index in [0.717, 1.165) is 33.4 Å². The Bertz CT molecular complexity index is 3280. The van der Waals surface area contributed by atoms with Gasteiger partial charge in [0.15, 0.2) is 17.5 Å². The molecule has 0 aliphatic rings. The molecule has 0 radical (unpaired) electrons. The monoisotopic (exact) mass is 743 g/mol. The molecule has 4 heteroatoms. The average Bonchev–Trinajstić information content (AvgIpc) is 3.73. The first kappa shape index (κ1) is 33.1. The Kier molecular flexibility index (Phi) is 8.01. The third-order valence-corrected chi connectivity index (χ3v) is 12.0. The van der Waals surface area contributed by atoms with Crippen LogP contribution in [0.25, 0.3) is 109 Å². The maximum absolute atomic E-state index is 5.15. The Morgan fingerprint density at radius 1 is 0.281 bits per heavy atom. The van der Waals surface area contributed by atoms with Crippen LogP contribution < -0.4 is 0 Å². The van der Waals surface area contributed by atoms with Gasteiger partial charge in [0.05, 0.1) is 0 Å². The Hall–Kier alpha value is -7.27. The minimum atomic E-state index is 0.635. The first-order chi connectivity index (χ1) is 28.2. The van der Waals surface area contributed by atoms with Gasteiger partial charge >= 0.3 is 0 Å². The van der Waals surface area contributed by atoms with E-state index in [0.29, 0.717) is 17.5 Å². The normalized spacial score (nSPS) is 11.5. The lowest BCUT2D eigenvalue weighted by atomic mass is 9.89. The van der Waals surface area contributed by atoms with Gasteiger partial charge < -0.3 is 0 Å². The van der Waals surface area contributed by atoms with Crippen molar-refractivity contribution in [3.8, 4) is 66.9 Å². The molecule has 0 aliphatic carbocycles. The topological polar surface area (TPSA) is 38.7 Å². The summed E-state index contributed by atoms with van der Waals surface area (Å²) in [7, 11) is 0. The summed E-state index contributed by atoms with van der Waals surface area (Å²) in [4.78, 5) is 16.5. The lowest BCUT2D eigenvalue weighted by Crippen LogP contribution is -2.00. The van der Waals surface area contributed by atoms with Crippen LogP contribution in [0.2, 0.25) is 0 Å². The van der Waals surface area contributed by atoms with Crippen molar-refractivity contribution in [3.05, 3.63) is 200 Å². The van der Waals surface area contributed by atoms with Crippen molar-refractivity contribution in [3.63, 3.8) is 0 Å². The maximum atomic E-state index is 5.15. The molecule has 266 valence electrons. The van der Waals surface area contributed by atoms with Crippen molar-refractivity contribution in [2.45, 2.75) is 0 Å². The lowest BCUT2D eigenvalue weighted by molar-refractivity contribution is 1.07. The Morgan fingerprint density at radius 2 is 0.807 bits per heavy atom. The summed E-state index contributed by atoms with van der Waals surface area (Å²) in [5.74, 6) is 1.92. The van der Waals surface area contributed by atoms with Gasteiger partial charge in [-0.1, -0.05) is 164 Å². The van der Waals surface area contributed by atoms with E-state index >= 15 is 0 Å². The van der Waals surface area contributed by atoms with E-state index in [1.54, 1.807) is 11.3 Å². The molecule has 0 fully saturated rings. The molecule has 0 unspecified atom stereocenters. The van der Waals surface area contributed by atoms with E-state index in [4.69, 9.17) is 15.0 Å². The molecule has 0 saturated heterocycles. The molecule has 0 N–H and O–H groups in total. The minimum Gasteiger partial charge on any atom is -0.208 e. The maximum Gasteiger partial charge on any atom is 0.164 e. The largest absolute Gasteiger partial charge is 0.208 e. The quantitative estimate of drug-likeness (QED) is 0.126. The highest BCUT2D eigenvalue weighted by molar-refractivity contribution is 7.22. The molecule has 11 rings (SSSR count). The summed E-state index contributed by atoms with van der Waals surface area (Å²) in [5, 5.41) is 8.76. The van der Waals surface area contributed by atoms with Gasteiger partial charge in [0.2, 0.25) is 0 Å². The van der Waals surface area contributed by atoms with Gasteiger partial charge in [0.25, 0.3) is 0 Å². The summed E-state index contributed by atoms with van der Waals surface area (Å²) in [6.45, 7) is 0. The van der Waals surface area contributed by atoms with Crippen LogP contribution in [0.5, 0.6) is 0 Å². The Balaban J connectivity index is 1.03. The van der Waals surface area contributed by atoms with Crippen LogP contribution in [-0.4, -0.2) is 15.0 Å². The van der Waals surface area contributed by atoms with Gasteiger partial charge in [-0.05, 0) is 102 Å². The minimum absolute atomic E-state index is 0.635. The molecule has 3 nitrogen and oxygen atoms in total. The zero-order valence-corrected chi connectivity index (χ0v) is 31.6. The molecule has 11 aromatic rings. The standard InChI is InChI=1S/C53H33N3S/c1-2-14-35(15-3-1)51-54-52(56-53(55-51)43-23-12-20-39(31-43)49-33-40-17-6-9-26-48(40)57-49)42-22-11-19-37(30-42)36-18-10-21-41(29-36)50-45-25-8-5-16-38(45)32-47-44-24-7-4-13-34(44)27-28-46(47)50/h1-33H. The number of benzene rings is 9. The number of fused-ring (bicyclic) bond motifs is 5. The summed E-state index contributed by atoms with van der Waals surface area (Å²) in [6, 6.07) is 71.3. The van der Waals surface area contributed by atoms with Crippen molar-refractivity contribution in [1.82, 2.24) is 15.0 Å². The first-order valence-corrected chi connectivity index (χ1v) is 20.0. The third-order valence-electron chi connectivity index (χ3n) is 10.9. The molecule has 0 saturated carbocycles. The van der Waals surface area contributed by atoms with Crippen LogP contribution in [0.3, 0.4) is 0 Å². The van der Waals surface area contributed by atoms with E-state index in [2.05, 4.69) is 182 Å². The van der Waals surface area contributed by atoms with Gasteiger partial charge in [0.1, 0.15) is 0 Å². The van der Waals surface area contributed by atoms with Crippen LogP contribution in [0, 0.1) is 0 Å². The second-order valence-electron chi connectivity index (χ2n) is 14.4. The molecule has 0 spiro atoms. The molecule has 0 amide bonds. The van der Waals surface area contributed by atoms with Gasteiger partial charge in [-0.15, -0.1) is 11.3 Å². The highest BCUT2D eigenvalue weighted by Gasteiger charge is 2.16. The van der Waals surface area contributed by atoms with Gasteiger partial charge in [-0.3, -0.25) is 0 Å². The number of hydrogen-bond acceptors (Lipinski definition) is 4. The van der Waals surface area contributed by atoms with E-state index < -0.39 is 0 Å². The molecule has 57 heavy (non-hydrogen) atoms. The van der Waals surface area contributed by atoms with Crippen molar-refractivity contribution in [1.29, 1.82) is 0 Å². The zero-order chi connectivity index (χ0) is 37.7. The SMILES string of the molecule is c1ccc(-c2nc(-c3cccc(-c4cccc(-c5c6ccccc6cc6c5ccc5ccccc56)c4)c3)nc(-c3cccc(-c4cc5ccccc5s4)c3)n2)cc1. The molecule has 2 aromatic heterocycles. The first-order valence-electron chi connectivity index (χ1n) is 19.2. The highest BCUT2D eigenvalue weighted by Crippen LogP contribution is 2.41. The van der Waals surface area contributed by atoms with Crippen LogP contribution in [0.1, 0.15) is 0 Å². The molecule has 0 bridgehead atoms. The number of thiophene rings is 1. The second-order valence-corrected chi connectivity index (χ2v) is 15.5. The predicted molar refractivity (Wildman–Crippen MR) is 240 cm³/mol. The van der Waals surface area contributed by atoms with Crippen LogP contribution in [0.15, 0.2) is 200 Å². The fourth-order valence-electron chi connectivity index (χ4n) is 8.11. The van der Waals surface area contributed by atoms with Gasteiger partial charge in [-0.2, -0.15) is 0 Å². The Morgan fingerprint density at radius 3 is 1.54 bits per heavy atom. The summed E-state index contributed by atoms with van der Waals surface area (Å²) < 4.78 is 1.27. The van der Waals surface area contributed by atoms with Crippen molar-refractivity contribution in [2.75, 3.05) is 0 Å². The summed E-state index contributed by atoms with van der Waals surface area (Å²) in [5.41, 5.74) is 8.63. The number of aromatic nitrogens is 3. The second kappa shape index (κ2) is 13.8. The number of rotatable bonds is 6. The van der Waals surface area contributed by atoms with Crippen LogP contribution in [-0.2, 0) is 0 Å². The molecule has 2 heterocycles. The Labute approximate surface area is 334 Å². The van der Waals surface area contributed by atoms with Crippen molar-refractivity contribution >= 4 is 53.7 Å². The fraction of sp³-hybridized carbons (Fsp3) is 0. The molecule has 9 aromatic carbocycles. The van der Waals surface area contributed by atoms with E-state index in [9.17, 15) is 0 Å². The van der Waals surface area contributed by atoms with Crippen molar-refractivity contribution < 1.29 is 0 Å².